The lowest BCUT2D eigenvalue weighted by Crippen LogP contribution is -2.25. The van der Waals surface area contributed by atoms with Gasteiger partial charge in [-0.05, 0) is 56.4 Å². The molecule has 0 fully saturated rings. The van der Waals surface area contributed by atoms with Crippen LogP contribution >= 0.6 is 0 Å². The van der Waals surface area contributed by atoms with Crippen molar-refractivity contribution in [3.8, 4) is 11.3 Å². The van der Waals surface area contributed by atoms with Gasteiger partial charge in [0.05, 0.1) is 5.69 Å². The summed E-state index contributed by atoms with van der Waals surface area (Å²) in [7, 11) is 0. The number of aliphatic hydroxyl groups excluding tert-OH is 1. The number of nitrogens with zero attached hydrogens (tertiary/aromatic N) is 3. The van der Waals surface area contributed by atoms with Crippen molar-refractivity contribution < 1.29 is 18.7 Å². The third kappa shape index (κ3) is 7.20. The maximum Gasteiger partial charge on any atom is 0.225 e. The number of anilines is 2. The topological polar surface area (TPSA) is 90.4 Å². The number of aliphatic hydroxyl groups is 1. The predicted molar refractivity (Wildman–Crippen MR) is 145 cm³/mol. The predicted octanol–water partition coefficient (Wildman–Crippen LogP) is 5.83. The Hall–Kier alpha value is -4.11. The largest absolute Gasteiger partial charge is 0.508 e. The van der Waals surface area contributed by atoms with Crippen LogP contribution in [0.15, 0.2) is 49.0 Å². The first-order valence-electron chi connectivity index (χ1n) is 12.1. The van der Waals surface area contributed by atoms with Crippen LogP contribution in [0.3, 0.4) is 0 Å². The summed E-state index contributed by atoms with van der Waals surface area (Å²) in [6.07, 6.45) is 4.05. The number of hydrogen-bond donors (Lipinski definition) is 3. The van der Waals surface area contributed by atoms with E-state index in [1.54, 1.807) is 24.3 Å². The molecule has 7 nitrogen and oxygen atoms in total. The second kappa shape index (κ2) is 13.3. The van der Waals surface area contributed by atoms with E-state index in [1.807, 2.05) is 0 Å². The Morgan fingerprint density at radius 3 is 2.38 bits per heavy atom. The van der Waals surface area contributed by atoms with Crippen molar-refractivity contribution >= 4 is 36.1 Å². The lowest BCUT2D eigenvalue weighted by atomic mass is 10.0. The Morgan fingerprint density at radius 2 is 1.73 bits per heavy atom. The average Bonchev–Trinajstić information content (AvgIpc) is 2.89. The Bertz CT molecular complexity index is 1260. The lowest BCUT2D eigenvalue weighted by molar-refractivity contribution is -0.105. The second-order valence-electron chi connectivity index (χ2n) is 8.22. The maximum absolute atomic E-state index is 14.3. The van der Waals surface area contributed by atoms with Gasteiger partial charge in [0.25, 0.3) is 0 Å². The summed E-state index contributed by atoms with van der Waals surface area (Å²) in [5.74, 6) is -1.14. The van der Waals surface area contributed by atoms with Crippen molar-refractivity contribution in [2.75, 3.05) is 36.8 Å². The zero-order chi connectivity index (χ0) is 26.8. The van der Waals surface area contributed by atoms with Crippen LogP contribution in [0, 0.1) is 11.6 Å². The van der Waals surface area contributed by atoms with Crippen molar-refractivity contribution in [1.29, 1.82) is 0 Å². The van der Waals surface area contributed by atoms with Crippen molar-refractivity contribution in [2.45, 2.75) is 20.3 Å². The van der Waals surface area contributed by atoms with Crippen LogP contribution < -0.4 is 10.6 Å². The molecule has 1 aromatic heterocycles. The molecule has 1 heterocycles. The molecule has 3 N–H and O–H groups in total. The Kier molecular flexibility index (Phi) is 9.85. The molecule has 0 saturated heterocycles. The van der Waals surface area contributed by atoms with Crippen LogP contribution in [-0.2, 0) is 4.79 Å². The summed E-state index contributed by atoms with van der Waals surface area (Å²) in [4.78, 5) is 22.8. The molecule has 0 aliphatic carbocycles. The number of rotatable bonds is 13. The first kappa shape index (κ1) is 27.5. The highest BCUT2D eigenvalue weighted by Gasteiger charge is 2.16. The highest BCUT2D eigenvalue weighted by atomic mass is 19.1. The van der Waals surface area contributed by atoms with E-state index >= 15 is 0 Å². The normalized spacial score (nSPS) is 11.2. The van der Waals surface area contributed by atoms with Gasteiger partial charge in [0, 0.05) is 28.8 Å². The molecule has 0 spiro atoms. The van der Waals surface area contributed by atoms with Gasteiger partial charge in [0.1, 0.15) is 23.2 Å². The van der Waals surface area contributed by atoms with Crippen LogP contribution in [0.4, 0.5) is 20.5 Å². The maximum atomic E-state index is 14.3. The lowest BCUT2D eigenvalue weighted by Gasteiger charge is -2.18. The van der Waals surface area contributed by atoms with Crippen molar-refractivity contribution in [1.82, 2.24) is 14.9 Å². The quantitative estimate of drug-likeness (QED) is 0.153. The number of amides is 1. The first-order valence-corrected chi connectivity index (χ1v) is 12.1. The summed E-state index contributed by atoms with van der Waals surface area (Å²) in [5.41, 5.74) is 1.56. The molecule has 0 radical (unpaired) electrons. The van der Waals surface area contributed by atoms with Crippen molar-refractivity contribution in [3.05, 3.63) is 77.4 Å². The van der Waals surface area contributed by atoms with Gasteiger partial charge >= 0.3 is 0 Å². The van der Waals surface area contributed by atoms with E-state index in [4.69, 9.17) is 0 Å². The van der Waals surface area contributed by atoms with Crippen LogP contribution in [0.5, 0.6) is 0 Å². The molecule has 3 aromatic rings. The average molecular weight is 508 g/mol. The zero-order valence-electron chi connectivity index (χ0n) is 21.0. The third-order valence-electron chi connectivity index (χ3n) is 5.86. The van der Waals surface area contributed by atoms with Crippen molar-refractivity contribution in [3.63, 3.8) is 0 Å². The fourth-order valence-electron chi connectivity index (χ4n) is 3.82. The minimum atomic E-state index is -0.728. The van der Waals surface area contributed by atoms with E-state index in [2.05, 4.69) is 45.9 Å². The highest BCUT2D eigenvalue weighted by Crippen LogP contribution is 2.31. The highest BCUT2D eigenvalue weighted by molar-refractivity contribution is 5.88. The Labute approximate surface area is 215 Å². The molecule has 37 heavy (non-hydrogen) atoms. The van der Waals surface area contributed by atoms with E-state index in [0.717, 1.165) is 38.2 Å². The van der Waals surface area contributed by atoms with Crippen LogP contribution in [0.2, 0.25) is 0 Å². The van der Waals surface area contributed by atoms with E-state index in [1.165, 1.54) is 18.2 Å². The molecule has 0 atom stereocenters. The van der Waals surface area contributed by atoms with Crippen LogP contribution in [-0.4, -0.2) is 52.6 Å². The molecule has 9 heteroatoms. The zero-order valence-corrected chi connectivity index (χ0v) is 21.0. The van der Waals surface area contributed by atoms with Crippen LogP contribution in [0.25, 0.3) is 29.2 Å². The molecule has 0 aliphatic rings. The van der Waals surface area contributed by atoms with Crippen molar-refractivity contribution in [2.24, 2.45) is 0 Å². The van der Waals surface area contributed by atoms with E-state index < -0.39 is 11.6 Å². The second-order valence-corrected chi connectivity index (χ2v) is 8.22. The first-order chi connectivity index (χ1) is 17.9. The molecule has 194 valence electrons. The van der Waals surface area contributed by atoms with Gasteiger partial charge in [-0.2, -0.15) is 4.98 Å². The van der Waals surface area contributed by atoms with Gasteiger partial charge in [0.15, 0.2) is 0 Å². The molecule has 0 saturated carbocycles. The van der Waals surface area contributed by atoms with Gasteiger partial charge < -0.3 is 20.6 Å². The number of carbonyl (C=O) groups is 1. The summed E-state index contributed by atoms with van der Waals surface area (Å²) in [6.45, 7) is 11.2. The summed E-state index contributed by atoms with van der Waals surface area (Å²) in [5, 5.41) is 15.7. The van der Waals surface area contributed by atoms with E-state index in [9.17, 15) is 18.7 Å². The van der Waals surface area contributed by atoms with Gasteiger partial charge in [-0.3, -0.25) is 4.79 Å². The van der Waals surface area contributed by atoms with Gasteiger partial charge in [-0.1, -0.05) is 44.7 Å². The van der Waals surface area contributed by atoms with Gasteiger partial charge in [-0.15, -0.1) is 0 Å². The van der Waals surface area contributed by atoms with E-state index in [-0.39, 0.29) is 23.1 Å². The number of nitrogens with one attached hydrogen (secondary N) is 2. The minimum Gasteiger partial charge on any atom is -0.508 e. The van der Waals surface area contributed by atoms with E-state index in [0.29, 0.717) is 35.3 Å². The number of aromatic nitrogens is 2. The fraction of sp³-hybridized carbons (Fsp3) is 0.250. The smallest absolute Gasteiger partial charge is 0.225 e. The Morgan fingerprint density at radius 1 is 1.05 bits per heavy atom. The minimum absolute atomic E-state index is 0.123. The van der Waals surface area contributed by atoms with Gasteiger partial charge in [0.2, 0.25) is 12.4 Å². The van der Waals surface area contributed by atoms with Crippen LogP contribution in [0.1, 0.15) is 37.0 Å². The molecular weight excluding hydrogens is 476 g/mol. The number of carbonyl (C=O) groups excluding carboxylic acids is 1. The van der Waals surface area contributed by atoms with Gasteiger partial charge in [-0.25, -0.2) is 13.8 Å². The molecule has 1 amide bonds. The molecule has 0 bridgehead atoms. The number of benzene rings is 2. The standard InChI is InChI=1S/C28H31F2N5O2/c1-4-35(5-2)16-8-15-31-28-33-26(21-10-6-9-20(17-21)19(3)37)23(27(34-28)32-18-36)14-13-22-24(29)11-7-12-25(22)30/h6-7,9-14,17-18,37H,3-5,8,15-16H2,1-2H3,(H2,31,32,33,34,36)/b14-13-. The summed E-state index contributed by atoms with van der Waals surface area (Å²) in [6, 6.07) is 10.5. The molecular formula is C28H31F2N5O2. The molecule has 0 unspecified atom stereocenters. The molecule has 0 aliphatic heterocycles. The summed E-state index contributed by atoms with van der Waals surface area (Å²) >= 11 is 0. The fourth-order valence-corrected chi connectivity index (χ4v) is 3.82. The Balaban J connectivity index is 2.07. The molecule has 3 rings (SSSR count). The number of hydrogen-bond acceptors (Lipinski definition) is 6. The molecule has 2 aromatic carbocycles. The number of halogens is 2. The monoisotopic (exact) mass is 507 g/mol. The summed E-state index contributed by atoms with van der Waals surface area (Å²) < 4.78 is 28.5. The SMILES string of the molecule is C=C(O)c1cccc(-c2nc(NCCCN(CC)CC)nc(NC=O)c2/C=C\c2c(F)cccc2F)c1. The third-order valence-corrected chi connectivity index (χ3v) is 5.86.